The van der Waals surface area contributed by atoms with E-state index < -0.39 is 0 Å². The van der Waals surface area contributed by atoms with E-state index in [0.29, 0.717) is 38.7 Å². The maximum atomic E-state index is 11.8. The summed E-state index contributed by atoms with van der Waals surface area (Å²) in [5, 5.41) is 2.76. The van der Waals surface area contributed by atoms with Crippen molar-refractivity contribution in [2.75, 3.05) is 32.8 Å². The number of urea groups is 1. The van der Waals surface area contributed by atoms with Crippen LogP contribution in [0.4, 0.5) is 9.59 Å². The first kappa shape index (κ1) is 13.7. The van der Waals surface area contributed by atoms with Crippen molar-refractivity contribution in [3.63, 3.8) is 0 Å². The van der Waals surface area contributed by atoms with E-state index in [-0.39, 0.29) is 12.1 Å². The molecule has 1 saturated carbocycles. The second-order valence-corrected chi connectivity index (χ2v) is 4.82. The topological polar surface area (TPSA) is 61.9 Å². The van der Waals surface area contributed by atoms with E-state index in [1.165, 1.54) is 12.8 Å². The molecule has 6 nitrogen and oxygen atoms in total. The van der Waals surface area contributed by atoms with E-state index in [0.717, 1.165) is 0 Å². The molecule has 1 saturated heterocycles. The van der Waals surface area contributed by atoms with Crippen molar-refractivity contribution in [3.8, 4) is 0 Å². The third-order valence-electron chi connectivity index (χ3n) is 3.29. The molecule has 106 valence electrons. The molecule has 1 aliphatic carbocycles. The van der Waals surface area contributed by atoms with Gasteiger partial charge in [0.1, 0.15) is 0 Å². The maximum absolute atomic E-state index is 11.8. The summed E-state index contributed by atoms with van der Waals surface area (Å²) in [5.41, 5.74) is 0. The van der Waals surface area contributed by atoms with Crippen molar-refractivity contribution in [1.82, 2.24) is 15.1 Å². The summed E-state index contributed by atoms with van der Waals surface area (Å²) in [6.45, 7) is 4.31. The lowest BCUT2D eigenvalue weighted by atomic mass is 10.3. The molecule has 0 aromatic rings. The number of amides is 3. The van der Waals surface area contributed by atoms with Crippen LogP contribution in [0.5, 0.6) is 0 Å². The van der Waals surface area contributed by atoms with Gasteiger partial charge in [0.25, 0.3) is 0 Å². The number of hydrogen-bond acceptors (Lipinski definition) is 3. The summed E-state index contributed by atoms with van der Waals surface area (Å²) in [5.74, 6) is 0.654. The molecule has 0 radical (unpaired) electrons. The van der Waals surface area contributed by atoms with Gasteiger partial charge in [0.05, 0.1) is 6.61 Å². The van der Waals surface area contributed by atoms with Gasteiger partial charge in [-0.15, -0.1) is 0 Å². The standard InChI is InChI=1S/C13H21N3O3/c1-2-19-13(18)16-9-7-15(8-10-16)12(17)14-6-5-11-3-4-11/h5-6,11H,2-4,7-10H2,1H3,(H,14,17)/b6-5+. The second kappa shape index (κ2) is 6.45. The monoisotopic (exact) mass is 267 g/mol. The number of carbonyl (C=O) groups excluding carboxylic acids is 2. The van der Waals surface area contributed by atoms with Gasteiger partial charge in [-0.05, 0) is 25.7 Å². The molecule has 0 bridgehead atoms. The third-order valence-corrected chi connectivity index (χ3v) is 3.29. The van der Waals surface area contributed by atoms with E-state index in [9.17, 15) is 9.59 Å². The van der Waals surface area contributed by atoms with Gasteiger partial charge >= 0.3 is 12.1 Å². The highest BCUT2D eigenvalue weighted by Gasteiger charge is 2.24. The summed E-state index contributed by atoms with van der Waals surface area (Å²) in [4.78, 5) is 26.7. The molecule has 0 spiro atoms. The average molecular weight is 267 g/mol. The van der Waals surface area contributed by atoms with Crippen LogP contribution >= 0.6 is 0 Å². The number of rotatable bonds is 3. The molecule has 0 atom stereocenters. The Bertz CT molecular complexity index is 358. The normalized spacial score (nSPS) is 19.6. The zero-order chi connectivity index (χ0) is 13.7. The Morgan fingerprint density at radius 3 is 2.42 bits per heavy atom. The summed E-state index contributed by atoms with van der Waals surface area (Å²) in [6.07, 6.45) is 5.93. The SMILES string of the molecule is CCOC(=O)N1CCN(C(=O)N/C=C/C2CC2)CC1. The fraction of sp³-hybridized carbons (Fsp3) is 0.692. The summed E-state index contributed by atoms with van der Waals surface area (Å²) in [6, 6.07) is -0.0968. The molecule has 0 aromatic carbocycles. The lowest BCUT2D eigenvalue weighted by molar-refractivity contribution is 0.0856. The van der Waals surface area contributed by atoms with Crippen molar-refractivity contribution in [3.05, 3.63) is 12.3 Å². The zero-order valence-electron chi connectivity index (χ0n) is 11.3. The van der Waals surface area contributed by atoms with Gasteiger partial charge in [-0.2, -0.15) is 0 Å². The Kier molecular flexibility index (Phi) is 4.65. The number of piperazine rings is 1. The Balaban J connectivity index is 1.69. The van der Waals surface area contributed by atoms with Crippen LogP contribution < -0.4 is 5.32 Å². The highest BCUT2D eigenvalue weighted by Crippen LogP contribution is 2.29. The van der Waals surface area contributed by atoms with Crippen LogP contribution in [0.3, 0.4) is 0 Å². The predicted octanol–water partition coefficient (Wildman–Crippen LogP) is 1.39. The minimum absolute atomic E-state index is 0.0968. The Hall–Kier alpha value is -1.72. The molecule has 6 heteroatoms. The smallest absolute Gasteiger partial charge is 0.409 e. The molecule has 1 heterocycles. The Morgan fingerprint density at radius 1 is 1.21 bits per heavy atom. The number of nitrogens with zero attached hydrogens (tertiary/aromatic N) is 2. The number of nitrogens with one attached hydrogen (secondary N) is 1. The van der Waals surface area contributed by atoms with Gasteiger partial charge < -0.3 is 19.9 Å². The number of allylic oxidation sites excluding steroid dienone is 1. The average Bonchev–Trinajstić information content (AvgIpc) is 3.23. The maximum Gasteiger partial charge on any atom is 0.409 e. The van der Waals surface area contributed by atoms with E-state index in [4.69, 9.17) is 4.74 Å². The van der Waals surface area contributed by atoms with Crippen LogP contribution in [0.1, 0.15) is 19.8 Å². The molecule has 0 unspecified atom stereocenters. The van der Waals surface area contributed by atoms with E-state index >= 15 is 0 Å². The van der Waals surface area contributed by atoms with Crippen molar-refractivity contribution >= 4 is 12.1 Å². The zero-order valence-corrected chi connectivity index (χ0v) is 11.3. The van der Waals surface area contributed by atoms with Crippen molar-refractivity contribution in [1.29, 1.82) is 0 Å². The summed E-state index contributed by atoms with van der Waals surface area (Å²) in [7, 11) is 0. The van der Waals surface area contributed by atoms with Gasteiger partial charge in [0, 0.05) is 32.4 Å². The largest absolute Gasteiger partial charge is 0.450 e. The van der Waals surface area contributed by atoms with Crippen LogP contribution in [-0.4, -0.2) is 54.7 Å². The van der Waals surface area contributed by atoms with E-state index in [1.54, 1.807) is 22.9 Å². The van der Waals surface area contributed by atoms with Crippen LogP contribution in [0.15, 0.2) is 12.3 Å². The van der Waals surface area contributed by atoms with Gasteiger partial charge in [-0.1, -0.05) is 6.08 Å². The molecule has 0 aromatic heterocycles. The van der Waals surface area contributed by atoms with E-state index in [1.807, 2.05) is 6.08 Å². The molecule has 19 heavy (non-hydrogen) atoms. The van der Waals surface area contributed by atoms with Crippen LogP contribution in [0, 0.1) is 5.92 Å². The Labute approximate surface area is 113 Å². The molecule has 1 N–H and O–H groups in total. The summed E-state index contributed by atoms with van der Waals surface area (Å²) >= 11 is 0. The van der Waals surface area contributed by atoms with Gasteiger partial charge in [0.15, 0.2) is 0 Å². The summed E-state index contributed by atoms with van der Waals surface area (Å²) < 4.78 is 4.93. The number of ether oxygens (including phenoxy) is 1. The predicted molar refractivity (Wildman–Crippen MR) is 70.6 cm³/mol. The highest BCUT2D eigenvalue weighted by atomic mass is 16.6. The molecular formula is C13H21N3O3. The number of hydrogen-bond donors (Lipinski definition) is 1. The first-order chi connectivity index (χ1) is 9.20. The van der Waals surface area contributed by atoms with E-state index in [2.05, 4.69) is 5.32 Å². The van der Waals surface area contributed by atoms with Crippen LogP contribution in [0.2, 0.25) is 0 Å². The number of carbonyl (C=O) groups is 2. The highest BCUT2D eigenvalue weighted by molar-refractivity contribution is 5.75. The Morgan fingerprint density at radius 2 is 1.84 bits per heavy atom. The second-order valence-electron chi connectivity index (χ2n) is 4.82. The molecule has 2 fully saturated rings. The van der Waals surface area contributed by atoms with Crippen molar-refractivity contribution < 1.29 is 14.3 Å². The van der Waals surface area contributed by atoms with Gasteiger partial charge in [-0.25, -0.2) is 9.59 Å². The van der Waals surface area contributed by atoms with Gasteiger partial charge in [-0.3, -0.25) is 0 Å². The van der Waals surface area contributed by atoms with Crippen LogP contribution in [-0.2, 0) is 4.74 Å². The van der Waals surface area contributed by atoms with Crippen LogP contribution in [0.25, 0.3) is 0 Å². The fourth-order valence-corrected chi connectivity index (χ4v) is 1.94. The lowest BCUT2D eigenvalue weighted by Crippen LogP contribution is -2.52. The molecule has 2 aliphatic rings. The fourth-order valence-electron chi connectivity index (χ4n) is 1.94. The molecule has 1 aliphatic heterocycles. The van der Waals surface area contributed by atoms with Gasteiger partial charge in [0.2, 0.25) is 0 Å². The molecule has 2 rings (SSSR count). The quantitative estimate of drug-likeness (QED) is 0.840. The van der Waals surface area contributed by atoms with Crippen molar-refractivity contribution in [2.24, 2.45) is 5.92 Å². The first-order valence-electron chi connectivity index (χ1n) is 6.84. The molecular weight excluding hydrogens is 246 g/mol. The third kappa shape index (κ3) is 4.15. The molecule has 3 amide bonds. The minimum atomic E-state index is -0.295. The van der Waals surface area contributed by atoms with Crippen molar-refractivity contribution in [2.45, 2.75) is 19.8 Å². The lowest BCUT2D eigenvalue weighted by Gasteiger charge is -2.33. The minimum Gasteiger partial charge on any atom is -0.450 e. The first-order valence-corrected chi connectivity index (χ1v) is 6.84.